The van der Waals surface area contributed by atoms with E-state index in [2.05, 4.69) is 52.5 Å². The van der Waals surface area contributed by atoms with Gasteiger partial charge in [-0.1, -0.05) is 164 Å². The van der Waals surface area contributed by atoms with Gasteiger partial charge in [0.2, 0.25) is 65.0 Å². The van der Waals surface area contributed by atoms with Gasteiger partial charge in [0.25, 0.3) is 0 Å². The van der Waals surface area contributed by atoms with Crippen LogP contribution in [0.5, 0.6) is 0 Å². The van der Waals surface area contributed by atoms with Crippen molar-refractivity contribution < 1.29 is 67.4 Å². The van der Waals surface area contributed by atoms with Crippen LogP contribution >= 0.6 is 0 Å². The number of esters is 1. The van der Waals surface area contributed by atoms with Crippen molar-refractivity contribution in [1.29, 1.82) is 0 Å². The summed E-state index contributed by atoms with van der Waals surface area (Å²) in [7, 11) is 7.03. The molecule has 11 N–H and O–H groups in total. The Morgan fingerprint density at radius 1 is 0.472 bits per heavy atom. The molecule has 0 saturated carbocycles. The summed E-state index contributed by atoms with van der Waals surface area (Å²) >= 11 is 0. The quantitative estimate of drug-likeness (QED) is 0.0485. The monoisotopic (exact) mass is 1500 g/mol. The molecule has 5 aromatic rings. The molecular weight excluding hydrogens is 1380 g/mol. The molecule has 1 aliphatic heterocycles. The normalized spacial score (nSPS) is 24.1. The van der Waals surface area contributed by atoms with Crippen LogP contribution in [0, 0.1) is 41.4 Å². The molecule has 28 nitrogen and oxygen atoms in total. The number of cyclic esters (lactones) is 1. The topological polar surface area (TPSA) is 375 Å². The van der Waals surface area contributed by atoms with Crippen LogP contribution in [0.3, 0.4) is 0 Å². The lowest BCUT2D eigenvalue weighted by Crippen LogP contribution is -2.65. The number of aromatic nitrogens is 2. The Bertz CT molecular complexity index is 3960. The maximum absolute atomic E-state index is 16.1. The van der Waals surface area contributed by atoms with Gasteiger partial charge in [0.05, 0.1) is 12.1 Å². The number of nitrogens with one attached hydrogen (secondary N) is 10. The van der Waals surface area contributed by atoms with Crippen LogP contribution in [0.15, 0.2) is 91.3 Å². The number of aliphatic hydroxyl groups is 1. The summed E-state index contributed by atoms with van der Waals surface area (Å²) in [5.41, 5.74) is 3.34. The van der Waals surface area contributed by atoms with E-state index in [1.807, 2.05) is 76.2 Å². The molecule has 6 rings (SSSR count). The lowest BCUT2D eigenvalue weighted by Gasteiger charge is -2.38. The number of aliphatic hydroxyl groups excluding tert-OH is 1. The lowest BCUT2D eigenvalue weighted by atomic mass is 9.95. The summed E-state index contributed by atoms with van der Waals surface area (Å²) < 4.78 is 6.12. The average Bonchev–Trinajstić information content (AvgIpc) is 1.39. The fraction of sp³-hybridized carbons (Fsp3) is 0.575. The van der Waals surface area contributed by atoms with E-state index in [1.165, 1.54) is 56.7 Å². The van der Waals surface area contributed by atoms with Crippen molar-refractivity contribution in [1.82, 2.24) is 72.1 Å². The molecule has 0 spiro atoms. The summed E-state index contributed by atoms with van der Waals surface area (Å²) in [4.78, 5) is 193. The molecule has 592 valence electrons. The van der Waals surface area contributed by atoms with Crippen molar-refractivity contribution in [3.05, 3.63) is 108 Å². The minimum Gasteiger partial charge on any atom is -0.458 e. The third kappa shape index (κ3) is 21.8. The molecule has 0 unspecified atom stereocenters. The van der Waals surface area contributed by atoms with Crippen LogP contribution in [-0.4, -0.2) is 226 Å². The Morgan fingerprint density at radius 2 is 0.917 bits per heavy atom. The number of carbonyl (C=O) groups is 12. The first-order valence-electron chi connectivity index (χ1n) is 37.6. The van der Waals surface area contributed by atoms with Gasteiger partial charge in [-0.15, -0.1) is 0 Å². The maximum Gasteiger partial charge on any atom is 0.329 e. The highest BCUT2D eigenvalue weighted by Gasteiger charge is 2.46. The van der Waals surface area contributed by atoms with E-state index in [-0.39, 0.29) is 37.5 Å². The van der Waals surface area contributed by atoms with Gasteiger partial charge in [-0.3, -0.25) is 52.7 Å². The SMILES string of the molecule is CN[C@H](C(=O)N[C@H](C(=O)N[C@@H]1C(=O)N(C)[C@@H]([C@@H](C)O)C(=O)N[C@@H](C(C)C)C(=O)N(C)[C@@H](CC(C)C)C(=O)N[C@@H](C(C)C)C(=O)N(C)[C@@H](Cc2c[nH]c3ccccc23)C(=O)N(C)[C@@H](Cc2c[nH]c3ccccc23)C(=O)N[C@@H](C(C)C)C(=O)N[C@@H](Cc2ccccc2)C(=O)N[C@@H](C(C)C)C(=O)O[C@@H]1C)C(C)C)C(C)C. The number of carbonyl (C=O) groups excluding carboxylic acids is 12. The van der Waals surface area contributed by atoms with Gasteiger partial charge >= 0.3 is 5.97 Å². The van der Waals surface area contributed by atoms with Crippen LogP contribution in [0.1, 0.15) is 134 Å². The smallest absolute Gasteiger partial charge is 0.329 e. The van der Waals surface area contributed by atoms with Crippen LogP contribution in [0.2, 0.25) is 0 Å². The fourth-order valence-corrected chi connectivity index (χ4v) is 13.8. The third-order valence-electron chi connectivity index (χ3n) is 20.4. The van der Waals surface area contributed by atoms with Gasteiger partial charge in [0.1, 0.15) is 72.6 Å². The Balaban J connectivity index is 1.55. The first kappa shape index (κ1) is 87.2. The zero-order chi connectivity index (χ0) is 80.6. The molecule has 0 aliphatic carbocycles. The number of hydrogen-bond acceptors (Lipinski definition) is 15. The van der Waals surface area contributed by atoms with Crippen LogP contribution in [-0.2, 0) is 81.5 Å². The molecular formula is C80H118N14O14. The summed E-state index contributed by atoms with van der Waals surface area (Å²) in [6, 6.07) is 6.44. The Labute approximate surface area is 635 Å². The number of H-pyrrole nitrogens is 2. The summed E-state index contributed by atoms with van der Waals surface area (Å²) in [6.07, 6.45) is -0.216. The van der Waals surface area contributed by atoms with Crippen molar-refractivity contribution in [2.24, 2.45) is 41.4 Å². The second-order valence-electron chi connectivity index (χ2n) is 31.3. The molecule has 2 aromatic heterocycles. The highest BCUT2D eigenvalue weighted by Crippen LogP contribution is 2.27. The zero-order valence-corrected chi connectivity index (χ0v) is 66.7. The number of aromatic amines is 2. The standard InChI is InChI=1S/C80H118N14O14/c1-41(2)35-58-70(97)87-64(45(9)10)78(105)93(20)60(38-52-40-83-56-34-28-26-32-54(52)56)76(103)91(18)59(37-51-39-82-55-33-27-25-31-53(51)55)71(98)85-62(43(5)6)73(100)84-57(36-50-29-23-22-24-30-50)69(96)89-66(47(13)14)80(107)108-49(16)67(90-74(101)63(44(7)8)86-72(99)61(81-17)42(3)4)79(106)94(21)68(48(15)95)75(102)88-65(46(11)12)77(104)92(58)19/h22-34,39-49,57-68,81-83,95H,35-38H2,1-21H3,(H,84,100)(H,85,98)(H,86,99)(H,87,97)(H,88,102)(H,89,96)(H,90,101)/t48-,49-,57+,58+,59+,60+,61+,62+,63+,64+,65+,66+,67+,68+/m1/s1. The second kappa shape index (κ2) is 38.9. The number of para-hydroxylation sites is 2. The maximum atomic E-state index is 16.1. The molecule has 28 heteroatoms. The van der Waals surface area contributed by atoms with Crippen molar-refractivity contribution in [2.75, 3.05) is 35.2 Å². The Hall–Kier alpha value is -9.70. The van der Waals surface area contributed by atoms with Crippen molar-refractivity contribution in [2.45, 2.75) is 221 Å². The number of fused-ring (bicyclic) bond motifs is 2. The average molecular weight is 1500 g/mol. The molecule has 3 aromatic carbocycles. The zero-order valence-electron chi connectivity index (χ0n) is 66.7. The Morgan fingerprint density at radius 3 is 1.40 bits per heavy atom. The van der Waals surface area contributed by atoms with Gasteiger partial charge in [0, 0.05) is 81.7 Å². The van der Waals surface area contributed by atoms with Gasteiger partial charge in [0.15, 0.2) is 0 Å². The van der Waals surface area contributed by atoms with Gasteiger partial charge < -0.3 is 81.9 Å². The fourth-order valence-electron chi connectivity index (χ4n) is 13.8. The minimum absolute atomic E-state index is 0.0461. The number of likely N-dealkylation sites (N-methyl/N-ethyl adjacent to an activating group) is 5. The number of rotatable bonds is 20. The van der Waals surface area contributed by atoms with Gasteiger partial charge in [-0.25, -0.2) is 4.79 Å². The molecule has 1 fully saturated rings. The molecule has 11 amide bonds. The highest BCUT2D eigenvalue weighted by molar-refractivity contribution is 6.01. The van der Waals surface area contributed by atoms with Crippen molar-refractivity contribution >= 4 is 92.8 Å². The number of ether oxygens (including phenoxy) is 1. The molecule has 0 bridgehead atoms. The van der Waals surface area contributed by atoms with Gasteiger partial charge in [-0.2, -0.15) is 0 Å². The number of benzene rings is 3. The van der Waals surface area contributed by atoms with E-state index in [9.17, 15) is 19.5 Å². The largest absolute Gasteiger partial charge is 0.458 e. The molecule has 1 aliphatic rings. The predicted octanol–water partition coefficient (Wildman–Crippen LogP) is 4.27. The molecule has 3 heterocycles. The first-order chi connectivity index (χ1) is 50.7. The third-order valence-corrected chi connectivity index (χ3v) is 20.4. The lowest BCUT2D eigenvalue weighted by molar-refractivity contribution is -0.160. The van der Waals surface area contributed by atoms with E-state index in [0.717, 1.165) is 26.7 Å². The first-order valence-corrected chi connectivity index (χ1v) is 37.6. The van der Waals surface area contributed by atoms with E-state index in [1.54, 1.807) is 119 Å². The number of amides is 11. The van der Waals surface area contributed by atoms with Crippen LogP contribution < -0.4 is 42.5 Å². The van der Waals surface area contributed by atoms with Crippen LogP contribution in [0.4, 0.5) is 0 Å². The predicted molar refractivity (Wildman–Crippen MR) is 412 cm³/mol. The van der Waals surface area contributed by atoms with E-state index < -0.39 is 185 Å². The summed E-state index contributed by atoms with van der Waals surface area (Å²) in [5, 5.41) is 35.7. The Kier molecular flexibility index (Phi) is 31.4. The molecule has 1 saturated heterocycles. The van der Waals surface area contributed by atoms with Crippen molar-refractivity contribution in [3.8, 4) is 0 Å². The molecule has 0 radical (unpaired) electrons. The van der Waals surface area contributed by atoms with E-state index >= 15 is 43.2 Å². The molecule has 14 atom stereocenters. The van der Waals surface area contributed by atoms with Gasteiger partial charge in [-0.05, 0) is 97.6 Å². The van der Waals surface area contributed by atoms with E-state index in [4.69, 9.17) is 4.74 Å². The van der Waals surface area contributed by atoms with E-state index in [0.29, 0.717) is 16.7 Å². The van der Waals surface area contributed by atoms with Crippen molar-refractivity contribution in [3.63, 3.8) is 0 Å². The second-order valence-corrected chi connectivity index (χ2v) is 31.3. The highest BCUT2D eigenvalue weighted by atomic mass is 16.5. The summed E-state index contributed by atoms with van der Waals surface area (Å²) in [5.74, 6) is -14.0. The minimum atomic E-state index is -1.90. The van der Waals surface area contributed by atoms with Crippen LogP contribution in [0.25, 0.3) is 21.8 Å². The summed E-state index contributed by atoms with van der Waals surface area (Å²) in [6.45, 7) is 26.4. The molecule has 108 heavy (non-hydrogen) atoms. The number of hydrogen-bond donors (Lipinski definition) is 11. The number of nitrogens with zero attached hydrogens (tertiary/aromatic N) is 4.